The van der Waals surface area contributed by atoms with Crippen LogP contribution in [-0.4, -0.2) is 30.3 Å². The molecule has 0 spiro atoms. The monoisotopic (exact) mass is 279 g/mol. The van der Waals surface area contributed by atoms with Gasteiger partial charge in [-0.25, -0.2) is 9.59 Å². The molecule has 19 heavy (non-hydrogen) atoms. The van der Waals surface area contributed by atoms with Crippen molar-refractivity contribution in [3.63, 3.8) is 0 Å². The molecule has 0 fully saturated rings. The summed E-state index contributed by atoms with van der Waals surface area (Å²) in [7, 11) is 1.36. The summed E-state index contributed by atoms with van der Waals surface area (Å²) in [6.07, 6.45) is -5.08. The van der Waals surface area contributed by atoms with E-state index in [0.717, 1.165) is 5.56 Å². The van der Waals surface area contributed by atoms with Crippen LogP contribution in [0.4, 0.5) is 13.2 Å². The van der Waals surface area contributed by atoms with E-state index < -0.39 is 12.1 Å². The van der Waals surface area contributed by atoms with Crippen molar-refractivity contribution in [1.29, 1.82) is 0 Å². The van der Waals surface area contributed by atoms with Crippen molar-refractivity contribution in [2.24, 2.45) is 5.73 Å². The first-order valence-corrected chi connectivity index (χ1v) is 4.89. The Bertz CT molecular complexity index is 429. The number of nitrogens with two attached hydrogens (primary N) is 1. The zero-order chi connectivity index (χ0) is 15.1. The van der Waals surface area contributed by atoms with Crippen LogP contribution < -0.4 is 5.73 Å². The molecular formula is C11H12F3NO4. The summed E-state index contributed by atoms with van der Waals surface area (Å²) in [4.78, 5) is 19.9. The van der Waals surface area contributed by atoms with Gasteiger partial charge in [-0.15, -0.1) is 0 Å². The molecule has 0 saturated carbocycles. The molecule has 0 heterocycles. The van der Waals surface area contributed by atoms with Gasteiger partial charge in [-0.3, -0.25) is 0 Å². The second kappa shape index (κ2) is 7.37. The van der Waals surface area contributed by atoms with Crippen molar-refractivity contribution in [3.05, 3.63) is 35.4 Å². The number of carboxylic acid groups (broad SMARTS) is 1. The van der Waals surface area contributed by atoms with Crippen LogP contribution in [0, 0.1) is 0 Å². The molecule has 0 bridgehead atoms. The first-order chi connectivity index (χ1) is 8.72. The van der Waals surface area contributed by atoms with E-state index in [9.17, 15) is 18.0 Å². The molecule has 5 nitrogen and oxygen atoms in total. The molecule has 1 aromatic carbocycles. The average Bonchev–Trinajstić information content (AvgIpc) is 2.37. The summed E-state index contributed by atoms with van der Waals surface area (Å²) >= 11 is 0. The Labute approximate surface area is 106 Å². The second-order valence-corrected chi connectivity index (χ2v) is 3.20. The van der Waals surface area contributed by atoms with Crippen LogP contribution in [0.15, 0.2) is 24.3 Å². The maximum Gasteiger partial charge on any atom is 0.490 e. The number of carbonyl (C=O) groups excluding carboxylic acids is 1. The lowest BCUT2D eigenvalue weighted by atomic mass is 10.1. The summed E-state index contributed by atoms with van der Waals surface area (Å²) in [5.74, 6) is -3.08. The Morgan fingerprint density at radius 2 is 1.68 bits per heavy atom. The smallest absolute Gasteiger partial charge is 0.475 e. The Morgan fingerprint density at radius 1 is 1.26 bits per heavy atom. The molecule has 0 atom stereocenters. The topological polar surface area (TPSA) is 89.6 Å². The number of hydrogen-bond acceptors (Lipinski definition) is 4. The number of alkyl halides is 3. The molecular weight excluding hydrogens is 267 g/mol. The van der Waals surface area contributed by atoms with E-state index in [1.54, 1.807) is 12.1 Å². The van der Waals surface area contributed by atoms with Gasteiger partial charge in [0, 0.05) is 6.54 Å². The van der Waals surface area contributed by atoms with E-state index in [2.05, 4.69) is 4.74 Å². The normalized spacial score (nSPS) is 10.2. The van der Waals surface area contributed by atoms with Gasteiger partial charge in [0.1, 0.15) is 0 Å². The SMILES string of the molecule is COC(=O)c1ccc(CN)cc1.O=C(O)C(F)(F)F. The summed E-state index contributed by atoms with van der Waals surface area (Å²) in [6.45, 7) is 0.488. The number of benzene rings is 1. The van der Waals surface area contributed by atoms with Crippen LogP contribution in [0.3, 0.4) is 0 Å². The predicted molar refractivity (Wildman–Crippen MR) is 59.4 cm³/mol. The fourth-order valence-electron chi connectivity index (χ4n) is 0.895. The third kappa shape index (κ3) is 6.41. The largest absolute Gasteiger partial charge is 0.490 e. The van der Waals surface area contributed by atoms with Crippen LogP contribution in [0.1, 0.15) is 15.9 Å². The molecule has 8 heteroatoms. The van der Waals surface area contributed by atoms with Gasteiger partial charge < -0.3 is 15.6 Å². The molecule has 0 saturated heterocycles. The molecule has 3 N–H and O–H groups in total. The summed E-state index contributed by atoms with van der Waals surface area (Å²) in [5.41, 5.74) is 6.95. The Balaban J connectivity index is 0.000000399. The lowest BCUT2D eigenvalue weighted by Gasteiger charge is -1.99. The number of carbonyl (C=O) groups is 2. The Kier molecular flexibility index (Phi) is 6.56. The van der Waals surface area contributed by atoms with Gasteiger partial charge in [-0.05, 0) is 17.7 Å². The number of halogens is 3. The minimum atomic E-state index is -5.08. The van der Waals surface area contributed by atoms with Gasteiger partial charge in [0.25, 0.3) is 0 Å². The van der Waals surface area contributed by atoms with Crippen molar-refractivity contribution in [2.45, 2.75) is 12.7 Å². The van der Waals surface area contributed by atoms with Crippen LogP contribution in [0.5, 0.6) is 0 Å². The van der Waals surface area contributed by atoms with Gasteiger partial charge in [-0.2, -0.15) is 13.2 Å². The van der Waals surface area contributed by atoms with E-state index in [0.29, 0.717) is 12.1 Å². The van der Waals surface area contributed by atoms with Crippen molar-refractivity contribution >= 4 is 11.9 Å². The molecule has 106 valence electrons. The maximum absolute atomic E-state index is 11.0. The van der Waals surface area contributed by atoms with Crippen molar-refractivity contribution in [3.8, 4) is 0 Å². The number of esters is 1. The summed E-state index contributed by atoms with van der Waals surface area (Å²) in [5, 5.41) is 7.12. The van der Waals surface area contributed by atoms with E-state index in [-0.39, 0.29) is 5.97 Å². The van der Waals surface area contributed by atoms with Gasteiger partial charge in [-0.1, -0.05) is 12.1 Å². The van der Waals surface area contributed by atoms with E-state index in [1.807, 2.05) is 12.1 Å². The molecule has 0 unspecified atom stereocenters. The number of hydrogen-bond donors (Lipinski definition) is 2. The molecule has 0 aliphatic carbocycles. The van der Waals surface area contributed by atoms with Crippen LogP contribution >= 0.6 is 0 Å². The van der Waals surface area contributed by atoms with Crippen LogP contribution in [0.25, 0.3) is 0 Å². The minimum absolute atomic E-state index is 0.321. The quantitative estimate of drug-likeness (QED) is 0.802. The fourth-order valence-corrected chi connectivity index (χ4v) is 0.895. The molecule has 0 aliphatic heterocycles. The molecule has 0 aliphatic rings. The highest BCUT2D eigenvalue weighted by molar-refractivity contribution is 5.89. The van der Waals surface area contributed by atoms with Gasteiger partial charge in [0.05, 0.1) is 12.7 Å². The highest BCUT2D eigenvalue weighted by atomic mass is 19.4. The predicted octanol–water partition coefficient (Wildman–Crippen LogP) is 1.57. The highest BCUT2D eigenvalue weighted by Crippen LogP contribution is 2.13. The number of ether oxygens (including phenoxy) is 1. The van der Waals surface area contributed by atoms with E-state index >= 15 is 0 Å². The first-order valence-electron chi connectivity index (χ1n) is 4.89. The van der Waals surface area contributed by atoms with Gasteiger partial charge in [0.2, 0.25) is 0 Å². The number of carboxylic acids is 1. The lowest BCUT2D eigenvalue weighted by molar-refractivity contribution is -0.192. The highest BCUT2D eigenvalue weighted by Gasteiger charge is 2.38. The average molecular weight is 279 g/mol. The molecule has 0 amide bonds. The third-order valence-corrected chi connectivity index (χ3v) is 1.85. The molecule has 0 radical (unpaired) electrons. The molecule has 0 aromatic heterocycles. The Morgan fingerprint density at radius 3 is 1.95 bits per heavy atom. The van der Waals surface area contributed by atoms with E-state index in [1.165, 1.54) is 7.11 Å². The zero-order valence-electron chi connectivity index (χ0n) is 9.90. The standard InChI is InChI=1S/C9H11NO2.C2HF3O2/c1-12-9(11)8-4-2-7(6-10)3-5-8;3-2(4,5)1(6)7/h2-5H,6,10H2,1H3;(H,6,7). The van der Waals surface area contributed by atoms with Crippen LogP contribution in [-0.2, 0) is 16.1 Å². The molecule has 1 aromatic rings. The Hall–Kier alpha value is -2.09. The summed E-state index contributed by atoms with van der Waals surface area (Å²) < 4.78 is 36.3. The van der Waals surface area contributed by atoms with E-state index in [4.69, 9.17) is 15.6 Å². The number of rotatable bonds is 2. The van der Waals surface area contributed by atoms with Gasteiger partial charge >= 0.3 is 18.1 Å². The van der Waals surface area contributed by atoms with Crippen molar-refractivity contribution in [2.75, 3.05) is 7.11 Å². The van der Waals surface area contributed by atoms with Crippen molar-refractivity contribution in [1.82, 2.24) is 0 Å². The maximum atomic E-state index is 11.0. The first kappa shape index (κ1) is 16.9. The second-order valence-electron chi connectivity index (χ2n) is 3.20. The number of methoxy groups -OCH3 is 1. The van der Waals surface area contributed by atoms with Crippen molar-refractivity contribution < 1.29 is 32.6 Å². The van der Waals surface area contributed by atoms with Crippen LogP contribution in [0.2, 0.25) is 0 Å². The third-order valence-electron chi connectivity index (χ3n) is 1.85. The summed E-state index contributed by atoms with van der Waals surface area (Å²) in [6, 6.07) is 7.03. The zero-order valence-corrected chi connectivity index (χ0v) is 9.90. The minimum Gasteiger partial charge on any atom is -0.475 e. The molecule has 1 rings (SSSR count). The fraction of sp³-hybridized carbons (Fsp3) is 0.273. The number of aliphatic carboxylic acids is 1. The van der Waals surface area contributed by atoms with Gasteiger partial charge in [0.15, 0.2) is 0 Å². The lowest BCUT2D eigenvalue weighted by Crippen LogP contribution is -2.21.